The zero-order valence-electron chi connectivity index (χ0n) is 13.2. The summed E-state index contributed by atoms with van der Waals surface area (Å²) < 4.78 is 5.71. The van der Waals surface area contributed by atoms with Crippen LogP contribution in [0.3, 0.4) is 0 Å². The van der Waals surface area contributed by atoms with Crippen molar-refractivity contribution >= 4 is 5.91 Å². The zero-order chi connectivity index (χ0) is 14.8. The minimum atomic E-state index is -0.0426. The molecule has 0 radical (unpaired) electrons. The second-order valence-electron chi connectivity index (χ2n) is 6.52. The van der Waals surface area contributed by atoms with E-state index in [1.165, 1.54) is 0 Å². The summed E-state index contributed by atoms with van der Waals surface area (Å²) in [5.74, 6) is 0.153. The standard InChI is InChI=1S/C15H29N3O2/c1-5-20-13-10-12(15(13,3)4)17-14(19)11(2)18-8-6-16-7-9-18/h11-13,16H,5-10H2,1-4H3,(H,17,19). The molecular formula is C15H29N3O2. The lowest BCUT2D eigenvalue weighted by Gasteiger charge is -2.52. The Morgan fingerprint density at radius 2 is 2.10 bits per heavy atom. The number of ether oxygens (including phenoxy) is 1. The van der Waals surface area contributed by atoms with Crippen molar-refractivity contribution in [1.29, 1.82) is 0 Å². The first-order valence-electron chi connectivity index (χ1n) is 7.83. The molecule has 0 spiro atoms. The zero-order valence-corrected chi connectivity index (χ0v) is 13.2. The van der Waals surface area contributed by atoms with Crippen LogP contribution in [-0.2, 0) is 9.53 Å². The van der Waals surface area contributed by atoms with Crippen LogP contribution in [0.2, 0.25) is 0 Å². The van der Waals surface area contributed by atoms with E-state index in [-0.39, 0.29) is 29.5 Å². The molecule has 2 N–H and O–H groups in total. The molecule has 20 heavy (non-hydrogen) atoms. The third-order valence-electron chi connectivity index (χ3n) is 4.94. The van der Waals surface area contributed by atoms with Gasteiger partial charge in [-0.3, -0.25) is 9.69 Å². The molecule has 2 aliphatic rings. The molecule has 0 aromatic rings. The van der Waals surface area contributed by atoms with Crippen LogP contribution in [0, 0.1) is 5.41 Å². The molecule has 1 aliphatic carbocycles. The van der Waals surface area contributed by atoms with Crippen LogP contribution in [0.5, 0.6) is 0 Å². The van der Waals surface area contributed by atoms with Gasteiger partial charge in [-0.2, -0.15) is 0 Å². The summed E-state index contributed by atoms with van der Waals surface area (Å²) in [4.78, 5) is 14.6. The fraction of sp³-hybridized carbons (Fsp3) is 0.933. The summed E-state index contributed by atoms with van der Waals surface area (Å²) in [5, 5.41) is 6.53. The Bertz CT molecular complexity index is 340. The third-order valence-corrected chi connectivity index (χ3v) is 4.94. The molecule has 3 unspecified atom stereocenters. The summed E-state index contributed by atoms with van der Waals surface area (Å²) in [6.45, 7) is 13.0. The Morgan fingerprint density at radius 3 is 2.65 bits per heavy atom. The fourth-order valence-corrected chi connectivity index (χ4v) is 3.14. The maximum Gasteiger partial charge on any atom is 0.237 e. The number of hydrogen-bond donors (Lipinski definition) is 2. The molecule has 0 aromatic carbocycles. The lowest BCUT2D eigenvalue weighted by Crippen LogP contribution is -2.64. The van der Waals surface area contributed by atoms with Gasteiger partial charge in [0.1, 0.15) is 0 Å². The number of carbonyl (C=O) groups is 1. The second-order valence-corrected chi connectivity index (χ2v) is 6.52. The first-order chi connectivity index (χ1) is 9.46. The number of carbonyl (C=O) groups excluding carboxylic acids is 1. The van der Waals surface area contributed by atoms with E-state index in [1.54, 1.807) is 0 Å². The van der Waals surface area contributed by atoms with Gasteiger partial charge in [-0.25, -0.2) is 0 Å². The average molecular weight is 283 g/mol. The predicted molar refractivity (Wildman–Crippen MR) is 79.6 cm³/mol. The molecule has 116 valence electrons. The van der Waals surface area contributed by atoms with E-state index in [9.17, 15) is 4.79 Å². The van der Waals surface area contributed by atoms with E-state index in [0.29, 0.717) is 0 Å². The molecule has 1 aliphatic heterocycles. The van der Waals surface area contributed by atoms with Crippen molar-refractivity contribution in [3.05, 3.63) is 0 Å². The quantitative estimate of drug-likeness (QED) is 0.776. The normalized spacial score (nSPS) is 31.4. The van der Waals surface area contributed by atoms with Gasteiger partial charge in [0.25, 0.3) is 0 Å². The molecule has 5 heteroatoms. The molecule has 1 amide bonds. The molecule has 1 heterocycles. The van der Waals surface area contributed by atoms with E-state index in [4.69, 9.17) is 4.74 Å². The topological polar surface area (TPSA) is 53.6 Å². The Kier molecular flexibility index (Phi) is 5.04. The molecule has 2 rings (SSSR count). The van der Waals surface area contributed by atoms with Crippen molar-refractivity contribution in [3.63, 3.8) is 0 Å². The van der Waals surface area contributed by atoms with Gasteiger partial charge < -0.3 is 15.4 Å². The summed E-state index contributed by atoms with van der Waals surface area (Å²) in [6.07, 6.45) is 1.20. The molecule has 1 saturated heterocycles. The number of piperazine rings is 1. The van der Waals surface area contributed by atoms with Gasteiger partial charge in [0, 0.05) is 44.2 Å². The monoisotopic (exact) mass is 283 g/mol. The van der Waals surface area contributed by atoms with Crippen LogP contribution in [0.25, 0.3) is 0 Å². The smallest absolute Gasteiger partial charge is 0.237 e. The Morgan fingerprint density at radius 1 is 1.45 bits per heavy atom. The molecule has 0 bridgehead atoms. The van der Waals surface area contributed by atoms with Crippen LogP contribution in [0.1, 0.15) is 34.1 Å². The van der Waals surface area contributed by atoms with Gasteiger partial charge in [-0.1, -0.05) is 13.8 Å². The minimum absolute atomic E-state index is 0.0366. The number of rotatable bonds is 5. The molecular weight excluding hydrogens is 254 g/mol. The summed E-state index contributed by atoms with van der Waals surface area (Å²) >= 11 is 0. The van der Waals surface area contributed by atoms with Gasteiger partial charge in [0.05, 0.1) is 12.1 Å². The highest BCUT2D eigenvalue weighted by molar-refractivity contribution is 5.81. The minimum Gasteiger partial charge on any atom is -0.378 e. The fourth-order valence-electron chi connectivity index (χ4n) is 3.14. The Labute approximate surface area is 122 Å². The lowest BCUT2D eigenvalue weighted by molar-refractivity contribution is -0.140. The largest absolute Gasteiger partial charge is 0.378 e. The van der Waals surface area contributed by atoms with Gasteiger partial charge in [-0.15, -0.1) is 0 Å². The maximum absolute atomic E-state index is 12.4. The number of hydrogen-bond acceptors (Lipinski definition) is 4. The van der Waals surface area contributed by atoms with E-state index >= 15 is 0 Å². The summed E-state index contributed by atoms with van der Waals surface area (Å²) in [6, 6.07) is 0.191. The molecule has 3 atom stereocenters. The molecule has 0 aromatic heterocycles. The van der Waals surface area contributed by atoms with Crippen molar-refractivity contribution < 1.29 is 9.53 Å². The molecule has 2 fully saturated rings. The van der Waals surface area contributed by atoms with Gasteiger partial charge in [-0.05, 0) is 20.3 Å². The predicted octanol–water partition coefficient (Wildman–Crippen LogP) is 0.600. The maximum atomic E-state index is 12.4. The number of nitrogens with one attached hydrogen (secondary N) is 2. The molecule has 5 nitrogen and oxygen atoms in total. The van der Waals surface area contributed by atoms with Crippen molar-refractivity contribution in [2.75, 3.05) is 32.8 Å². The van der Waals surface area contributed by atoms with Gasteiger partial charge in [0.2, 0.25) is 5.91 Å². The highest BCUT2D eigenvalue weighted by atomic mass is 16.5. The Balaban J connectivity index is 1.82. The van der Waals surface area contributed by atoms with Crippen LogP contribution in [0.15, 0.2) is 0 Å². The highest BCUT2D eigenvalue weighted by Crippen LogP contribution is 2.42. The Hall–Kier alpha value is -0.650. The van der Waals surface area contributed by atoms with E-state index < -0.39 is 0 Å². The summed E-state index contributed by atoms with van der Waals surface area (Å²) in [7, 11) is 0. The van der Waals surface area contributed by atoms with Crippen LogP contribution in [-0.4, -0.2) is 61.8 Å². The number of amides is 1. The SMILES string of the molecule is CCOC1CC(NC(=O)C(C)N2CCNCC2)C1(C)C. The van der Waals surface area contributed by atoms with Crippen LogP contribution in [0.4, 0.5) is 0 Å². The van der Waals surface area contributed by atoms with Gasteiger partial charge >= 0.3 is 0 Å². The first-order valence-corrected chi connectivity index (χ1v) is 7.83. The third kappa shape index (κ3) is 3.15. The highest BCUT2D eigenvalue weighted by Gasteiger charge is 2.49. The lowest BCUT2D eigenvalue weighted by atomic mass is 9.64. The average Bonchev–Trinajstić information content (AvgIpc) is 2.46. The molecule has 1 saturated carbocycles. The van der Waals surface area contributed by atoms with E-state index in [0.717, 1.165) is 39.2 Å². The van der Waals surface area contributed by atoms with Gasteiger partial charge in [0.15, 0.2) is 0 Å². The van der Waals surface area contributed by atoms with Crippen LogP contribution >= 0.6 is 0 Å². The summed E-state index contributed by atoms with van der Waals surface area (Å²) in [5.41, 5.74) is 0.0366. The number of nitrogens with zero attached hydrogens (tertiary/aromatic N) is 1. The van der Waals surface area contributed by atoms with Crippen LogP contribution < -0.4 is 10.6 Å². The van der Waals surface area contributed by atoms with Crippen molar-refractivity contribution in [1.82, 2.24) is 15.5 Å². The van der Waals surface area contributed by atoms with E-state index in [2.05, 4.69) is 29.4 Å². The van der Waals surface area contributed by atoms with Crippen molar-refractivity contribution in [2.24, 2.45) is 5.41 Å². The van der Waals surface area contributed by atoms with Crippen molar-refractivity contribution in [3.8, 4) is 0 Å². The van der Waals surface area contributed by atoms with E-state index in [1.807, 2.05) is 13.8 Å². The first kappa shape index (κ1) is 15.7. The van der Waals surface area contributed by atoms with Crippen molar-refractivity contribution in [2.45, 2.75) is 52.3 Å². The second kappa shape index (κ2) is 6.41.